The van der Waals surface area contributed by atoms with Gasteiger partial charge in [0.1, 0.15) is 11.0 Å². The number of nitrogens with zero attached hydrogens (tertiary/aromatic N) is 2. The van der Waals surface area contributed by atoms with Crippen LogP contribution < -0.4 is 10.1 Å². The summed E-state index contributed by atoms with van der Waals surface area (Å²) < 4.78 is 7.14. The fraction of sp³-hybridized carbons (Fsp3) is 0.318. The first-order valence-corrected chi connectivity index (χ1v) is 12.4. The SMILES string of the molecule is CCCCSc1nnc(SC(C(=O)Nc2cc(C)ccc2OC)c2ccccc2)s1. The third-order valence-electron chi connectivity index (χ3n) is 4.28. The molecule has 2 aromatic carbocycles. The summed E-state index contributed by atoms with van der Waals surface area (Å²) in [5, 5.41) is 11.2. The van der Waals surface area contributed by atoms with Crippen molar-refractivity contribution in [2.24, 2.45) is 0 Å². The largest absolute Gasteiger partial charge is 0.495 e. The van der Waals surface area contributed by atoms with E-state index in [0.717, 1.165) is 38.4 Å². The molecule has 0 saturated heterocycles. The second-order valence-electron chi connectivity index (χ2n) is 6.64. The summed E-state index contributed by atoms with van der Waals surface area (Å²) in [5.41, 5.74) is 2.63. The number of carbonyl (C=O) groups is 1. The van der Waals surface area contributed by atoms with Crippen LogP contribution in [0.5, 0.6) is 5.75 Å². The van der Waals surface area contributed by atoms with E-state index in [1.54, 1.807) is 18.9 Å². The molecule has 1 heterocycles. The van der Waals surface area contributed by atoms with Gasteiger partial charge in [0.15, 0.2) is 8.68 Å². The third-order valence-corrected chi connectivity index (χ3v) is 7.76. The highest BCUT2D eigenvalue weighted by Gasteiger charge is 2.25. The maximum Gasteiger partial charge on any atom is 0.242 e. The summed E-state index contributed by atoms with van der Waals surface area (Å²) >= 11 is 4.69. The molecule has 0 radical (unpaired) electrons. The van der Waals surface area contributed by atoms with E-state index in [1.807, 2.05) is 55.5 Å². The van der Waals surface area contributed by atoms with Crippen LogP contribution in [-0.2, 0) is 4.79 Å². The van der Waals surface area contributed by atoms with Gasteiger partial charge in [-0.05, 0) is 36.6 Å². The van der Waals surface area contributed by atoms with Crippen molar-refractivity contribution in [2.75, 3.05) is 18.2 Å². The number of methoxy groups -OCH3 is 1. The Morgan fingerprint density at radius 2 is 1.93 bits per heavy atom. The molecule has 1 N–H and O–H groups in total. The normalized spacial score (nSPS) is 11.8. The first-order valence-electron chi connectivity index (χ1n) is 9.74. The Labute approximate surface area is 190 Å². The molecule has 1 unspecified atom stereocenters. The van der Waals surface area contributed by atoms with Crippen LogP contribution in [0.1, 0.15) is 36.1 Å². The Morgan fingerprint density at radius 3 is 2.67 bits per heavy atom. The van der Waals surface area contributed by atoms with Crippen molar-refractivity contribution in [2.45, 2.75) is 40.6 Å². The minimum absolute atomic E-state index is 0.120. The Morgan fingerprint density at radius 1 is 1.17 bits per heavy atom. The van der Waals surface area contributed by atoms with Crippen LogP contribution in [0.4, 0.5) is 5.69 Å². The third kappa shape index (κ3) is 6.23. The highest BCUT2D eigenvalue weighted by Crippen LogP contribution is 2.40. The molecule has 1 aromatic heterocycles. The summed E-state index contributed by atoms with van der Waals surface area (Å²) in [6, 6.07) is 15.5. The fourth-order valence-electron chi connectivity index (χ4n) is 2.73. The lowest BCUT2D eigenvalue weighted by molar-refractivity contribution is -0.115. The van der Waals surface area contributed by atoms with E-state index in [-0.39, 0.29) is 5.91 Å². The molecule has 158 valence electrons. The lowest BCUT2D eigenvalue weighted by atomic mass is 10.1. The van der Waals surface area contributed by atoms with Gasteiger partial charge in [0, 0.05) is 5.75 Å². The molecule has 0 bridgehead atoms. The van der Waals surface area contributed by atoms with Gasteiger partial charge in [-0.15, -0.1) is 10.2 Å². The average Bonchev–Trinajstić information content (AvgIpc) is 3.20. The molecular weight excluding hydrogens is 434 g/mol. The van der Waals surface area contributed by atoms with Gasteiger partial charge in [-0.25, -0.2) is 0 Å². The van der Waals surface area contributed by atoms with Gasteiger partial charge in [0.05, 0.1) is 12.8 Å². The van der Waals surface area contributed by atoms with Gasteiger partial charge in [-0.3, -0.25) is 4.79 Å². The van der Waals surface area contributed by atoms with Crippen LogP contribution in [0.2, 0.25) is 0 Å². The summed E-state index contributed by atoms with van der Waals surface area (Å²) in [7, 11) is 1.60. The van der Waals surface area contributed by atoms with Crippen molar-refractivity contribution in [1.82, 2.24) is 10.2 Å². The predicted molar refractivity (Wildman–Crippen MR) is 127 cm³/mol. The average molecular weight is 460 g/mol. The van der Waals surface area contributed by atoms with Gasteiger partial charge >= 0.3 is 0 Å². The van der Waals surface area contributed by atoms with Crippen molar-refractivity contribution < 1.29 is 9.53 Å². The van der Waals surface area contributed by atoms with Gasteiger partial charge in [-0.1, -0.05) is 84.6 Å². The van der Waals surface area contributed by atoms with Gasteiger partial charge in [0.25, 0.3) is 0 Å². The molecule has 3 rings (SSSR count). The fourth-order valence-corrected chi connectivity index (χ4v) is 6.09. The summed E-state index contributed by atoms with van der Waals surface area (Å²) in [5.74, 6) is 1.55. The second-order valence-corrected chi connectivity index (χ2v) is 10.3. The van der Waals surface area contributed by atoms with Crippen molar-refractivity contribution in [3.63, 3.8) is 0 Å². The van der Waals surface area contributed by atoms with Crippen LogP contribution in [0, 0.1) is 6.92 Å². The molecule has 3 aromatic rings. The summed E-state index contributed by atoms with van der Waals surface area (Å²) in [6.45, 7) is 4.16. The zero-order valence-corrected chi connectivity index (χ0v) is 19.7. The van der Waals surface area contributed by atoms with Crippen LogP contribution in [0.25, 0.3) is 0 Å². The van der Waals surface area contributed by atoms with E-state index >= 15 is 0 Å². The van der Waals surface area contributed by atoms with E-state index in [1.165, 1.54) is 23.1 Å². The number of aryl methyl sites for hydroxylation is 1. The van der Waals surface area contributed by atoms with Gasteiger partial charge in [-0.2, -0.15) is 0 Å². The predicted octanol–water partition coefficient (Wildman–Crippen LogP) is 6.22. The number of ether oxygens (including phenoxy) is 1. The van der Waals surface area contributed by atoms with E-state index in [2.05, 4.69) is 22.4 Å². The first-order chi connectivity index (χ1) is 14.6. The molecule has 30 heavy (non-hydrogen) atoms. The van der Waals surface area contributed by atoms with Gasteiger partial charge in [0.2, 0.25) is 5.91 Å². The molecule has 0 spiro atoms. The smallest absolute Gasteiger partial charge is 0.242 e. The molecule has 0 aliphatic carbocycles. The zero-order chi connectivity index (χ0) is 21.3. The molecule has 8 heteroatoms. The van der Waals surface area contributed by atoms with Gasteiger partial charge < -0.3 is 10.1 Å². The number of anilines is 1. The summed E-state index contributed by atoms with van der Waals surface area (Å²) in [4.78, 5) is 13.3. The van der Waals surface area contributed by atoms with E-state index < -0.39 is 5.25 Å². The standard InChI is InChI=1S/C22H25N3O2S3/c1-4-5-13-28-21-24-25-22(30-21)29-19(16-9-7-6-8-10-16)20(26)23-17-14-15(2)11-12-18(17)27-3/h6-12,14,19H,4-5,13H2,1-3H3,(H,23,26). The highest BCUT2D eigenvalue weighted by atomic mass is 32.2. The maximum atomic E-state index is 13.3. The van der Waals surface area contributed by atoms with Crippen LogP contribution in [0.15, 0.2) is 57.2 Å². The number of rotatable bonds is 10. The van der Waals surface area contributed by atoms with Crippen LogP contribution in [0.3, 0.4) is 0 Å². The van der Waals surface area contributed by atoms with Crippen molar-refractivity contribution >= 4 is 46.5 Å². The molecule has 0 aliphatic heterocycles. The lowest BCUT2D eigenvalue weighted by Gasteiger charge is -2.17. The van der Waals surface area contributed by atoms with Crippen molar-refractivity contribution in [3.05, 3.63) is 59.7 Å². The number of hydrogen-bond acceptors (Lipinski definition) is 7. The Bertz CT molecular complexity index is 963. The number of unbranched alkanes of at least 4 members (excludes halogenated alkanes) is 1. The Hall–Kier alpha value is -2.03. The number of benzene rings is 2. The van der Waals surface area contributed by atoms with E-state index in [4.69, 9.17) is 4.74 Å². The molecule has 0 aliphatic rings. The number of hydrogen-bond donors (Lipinski definition) is 1. The number of aromatic nitrogens is 2. The topological polar surface area (TPSA) is 64.1 Å². The zero-order valence-electron chi connectivity index (χ0n) is 17.3. The quantitative estimate of drug-likeness (QED) is 0.287. The van der Waals surface area contributed by atoms with E-state index in [9.17, 15) is 4.79 Å². The number of amides is 1. The highest BCUT2D eigenvalue weighted by molar-refractivity contribution is 8.03. The lowest BCUT2D eigenvalue weighted by Crippen LogP contribution is -2.19. The van der Waals surface area contributed by atoms with Crippen LogP contribution in [-0.4, -0.2) is 29.0 Å². The van der Waals surface area contributed by atoms with Crippen molar-refractivity contribution in [1.29, 1.82) is 0 Å². The molecule has 1 amide bonds. The molecule has 5 nitrogen and oxygen atoms in total. The second kappa shape index (κ2) is 11.4. The Balaban J connectivity index is 1.80. The molecule has 0 fully saturated rings. The van der Waals surface area contributed by atoms with Crippen LogP contribution >= 0.6 is 34.9 Å². The monoisotopic (exact) mass is 459 g/mol. The first kappa shape index (κ1) is 22.7. The minimum Gasteiger partial charge on any atom is -0.495 e. The maximum absolute atomic E-state index is 13.3. The number of carbonyl (C=O) groups excluding carboxylic acids is 1. The Kier molecular flexibility index (Phi) is 8.60. The number of thioether (sulfide) groups is 2. The van der Waals surface area contributed by atoms with E-state index in [0.29, 0.717) is 11.4 Å². The molecular formula is C22H25N3O2S3. The molecule has 0 saturated carbocycles. The minimum atomic E-state index is -0.446. The summed E-state index contributed by atoms with van der Waals surface area (Å²) in [6.07, 6.45) is 2.31. The number of nitrogens with one attached hydrogen (secondary N) is 1. The molecule has 1 atom stereocenters. The van der Waals surface area contributed by atoms with Crippen molar-refractivity contribution in [3.8, 4) is 5.75 Å².